The number of hydrogen-bond donors (Lipinski definition) is 0. The molecule has 0 saturated carbocycles. The number of rotatable bonds is 5. The molecule has 106 valence electrons. The van der Waals surface area contributed by atoms with Gasteiger partial charge in [-0.15, -0.1) is 0 Å². The second kappa shape index (κ2) is 6.46. The van der Waals surface area contributed by atoms with Gasteiger partial charge in [-0.1, -0.05) is 0 Å². The Balaban J connectivity index is 0.00000180. The van der Waals surface area contributed by atoms with Crippen LogP contribution in [0.1, 0.15) is 26.3 Å². The Morgan fingerprint density at radius 2 is 2.05 bits per heavy atom. The number of fused-ring (bicyclic) bond motifs is 1. The first-order valence-electron chi connectivity index (χ1n) is 6.22. The third kappa shape index (κ3) is 3.14. The SMILES string of the molecule is COCCOC[n+]1cccc2c1N=C(C)C2(C)C.[Cl-]. The van der Waals surface area contributed by atoms with E-state index in [1.807, 2.05) is 16.8 Å². The second-order valence-corrected chi connectivity index (χ2v) is 5.07. The summed E-state index contributed by atoms with van der Waals surface area (Å²) in [5.41, 5.74) is 2.43. The fourth-order valence-electron chi connectivity index (χ4n) is 2.06. The van der Waals surface area contributed by atoms with Gasteiger partial charge in [-0.3, -0.25) is 0 Å². The Bertz CT molecular complexity index is 473. The number of pyridine rings is 1. The van der Waals surface area contributed by atoms with Crippen LogP contribution >= 0.6 is 0 Å². The Kier molecular flexibility index (Phi) is 5.47. The highest BCUT2D eigenvalue weighted by Crippen LogP contribution is 2.37. The fourth-order valence-corrected chi connectivity index (χ4v) is 2.06. The molecule has 2 rings (SSSR count). The standard InChI is InChI=1S/C14H21N2O2.ClH/c1-11-14(2,3)12-6-5-7-16(13(12)15-11)10-18-9-8-17-4;/h5-7H,8-10H2,1-4H3;1H/q+1;/p-1. The highest BCUT2D eigenvalue weighted by Gasteiger charge is 2.40. The van der Waals surface area contributed by atoms with Crippen LogP contribution in [0.3, 0.4) is 0 Å². The molecule has 4 nitrogen and oxygen atoms in total. The zero-order valence-electron chi connectivity index (χ0n) is 11.9. The smallest absolute Gasteiger partial charge is 0.328 e. The van der Waals surface area contributed by atoms with Crippen molar-refractivity contribution in [1.82, 2.24) is 0 Å². The van der Waals surface area contributed by atoms with Crippen LogP contribution in [0.15, 0.2) is 23.3 Å². The molecule has 19 heavy (non-hydrogen) atoms. The summed E-state index contributed by atoms with van der Waals surface area (Å²) in [7, 11) is 1.67. The molecule has 5 heteroatoms. The van der Waals surface area contributed by atoms with Crippen LogP contribution in [0, 0.1) is 0 Å². The van der Waals surface area contributed by atoms with Gasteiger partial charge >= 0.3 is 5.82 Å². The van der Waals surface area contributed by atoms with Crippen molar-refractivity contribution in [2.45, 2.75) is 32.9 Å². The van der Waals surface area contributed by atoms with Gasteiger partial charge in [0.2, 0.25) is 0 Å². The van der Waals surface area contributed by atoms with E-state index < -0.39 is 0 Å². The molecule has 0 saturated heterocycles. The molecule has 0 aromatic carbocycles. The summed E-state index contributed by atoms with van der Waals surface area (Å²) in [5, 5.41) is 0. The zero-order chi connectivity index (χ0) is 13.2. The zero-order valence-corrected chi connectivity index (χ0v) is 12.7. The second-order valence-electron chi connectivity index (χ2n) is 5.07. The first kappa shape index (κ1) is 16.1. The lowest BCUT2D eigenvalue weighted by atomic mass is 9.83. The van der Waals surface area contributed by atoms with E-state index in [1.165, 1.54) is 5.56 Å². The van der Waals surface area contributed by atoms with Crippen molar-refractivity contribution in [3.05, 3.63) is 23.9 Å². The van der Waals surface area contributed by atoms with E-state index in [0.717, 1.165) is 11.5 Å². The van der Waals surface area contributed by atoms with E-state index in [2.05, 4.69) is 31.8 Å². The normalized spacial score (nSPS) is 15.7. The molecule has 0 spiro atoms. The maximum absolute atomic E-state index is 5.56. The average Bonchev–Trinajstić information content (AvgIpc) is 2.58. The monoisotopic (exact) mass is 284 g/mol. The maximum Gasteiger partial charge on any atom is 0.328 e. The molecule has 0 aliphatic carbocycles. The maximum atomic E-state index is 5.56. The summed E-state index contributed by atoms with van der Waals surface area (Å²) in [4.78, 5) is 4.67. The van der Waals surface area contributed by atoms with Gasteiger partial charge in [0.1, 0.15) is 5.71 Å². The molecular weight excluding hydrogens is 264 g/mol. The molecule has 0 atom stereocenters. The summed E-state index contributed by atoms with van der Waals surface area (Å²) in [6, 6.07) is 4.19. The predicted molar refractivity (Wildman–Crippen MR) is 70.3 cm³/mol. The minimum atomic E-state index is 0. The summed E-state index contributed by atoms with van der Waals surface area (Å²) in [6.07, 6.45) is 2.00. The molecule has 0 bridgehead atoms. The van der Waals surface area contributed by atoms with Crippen LogP contribution in [-0.2, 0) is 21.6 Å². The van der Waals surface area contributed by atoms with Crippen molar-refractivity contribution in [3.63, 3.8) is 0 Å². The van der Waals surface area contributed by atoms with Gasteiger partial charge in [-0.05, 0) is 37.9 Å². The van der Waals surface area contributed by atoms with Crippen molar-refractivity contribution in [2.24, 2.45) is 4.99 Å². The Morgan fingerprint density at radius 3 is 2.74 bits per heavy atom. The van der Waals surface area contributed by atoms with E-state index in [0.29, 0.717) is 19.9 Å². The molecule has 2 heterocycles. The molecule has 1 aliphatic heterocycles. The van der Waals surface area contributed by atoms with Gasteiger partial charge in [-0.25, -0.2) is 4.57 Å². The van der Waals surface area contributed by atoms with Crippen LogP contribution in [-0.4, -0.2) is 26.0 Å². The van der Waals surface area contributed by atoms with Crippen LogP contribution in [0.2, 0.25) is 0 Å². The van der Waals surface area contributed by atoms with Gasteiger partial charge in [0.25, 0.3) is 0 Å². The number of halogens is 1. The topological polar surface area (TPSA) is 34.7 Å². The van der Waals surface area contributed by atoms with Crippen molar-refractivity contribution in [3.8, 4) is 0 Å². The summed E-state index contributed by atoms with van der Waals surface area (Å²) >= 11 is 0. The number of nitrogens with zero attached hydrogens (tertiary/aromatic N) is 2. The van der Waals surface area contributed by atoms with Crippen molar-refractivity contribution in [2.75, 3.05) is 20.3 Å². The third-order valence-electron chi connectivity index (χ3n) is 3.56. The molecule has 0 fully saturated rings. The Labute approximate surface area is 120 Å². The minimum absolute atomic E-state index is 0. The number of aliphatic imine (C=N–C) groups is 1. The van der Waals surface area contributed by atoms with Crippen molar-refractivity contribution in [1.29, 1.82) is 0 Å². The Morgan fingerprint density at radius 1 is 1.32 bits per heavy atom. The first-order valence-corrected chi connectivity index (χ1v) is 6.22. The van der Waals surface area contributed by atoms with E-state index in [9.17, 15) is 0 Å². The summed E-state index contributed by atoms with van der Waals surface area (Å²) < 4.78 is 12.6. The highest BCUT2D eigenvalue weighted by atomic mass is 35.5. The lowest BCUT2D eigenvalue weighted by Gasteiger charge is -2.15. The molecule has 0 radical (unpaired) electrons. The first-order chi connectivity index (χ1) is 8.57. The summed E-state index contributed by atoms with van der Waals surface area (Å²) in [6.45, 7) is 8.21. The lowest BCUT2D eigenvalue weighted by molar-refractivity contribution is -0.721. The average molecular weight is 285 g/mol. The van der Waals surface area contributed by atoms with E-state index >= 15 is 0 Å². The van der Waals surface area contributed by atoms with Crippen molar-refractivity contribution >= 4 is 11.5 Å². The molecule has 1 aromatic heterocycles. The molecule has 0 unspecified atom stereocenters. The highest BCUT2D eigenvalue weighted by molar-refractivity contribution is 5.98. The van der Waals surface area contributed by atoms with Gasteiger partial charge in [0, 0.05) is 7.11 Å². The molecule has 1 aromatic rings. The molecule has 1 aliphatic rings. The van der Waals surface area contributed by atoms with E-state index in [1.54, 1.807) is 7.11 Å². The largest absolute Gasteiger partial charge is 1.00 e. The van der Waals surface area contributed by atoms with Crippen LogP contribution in [0.25, 0.3) is 0 Å². The van der Waals surface area contributed by atoms with Crippen LogP contribution < -0.4 is 17.0 Å². The lowest BCUT2D eigenvalue weighted by Crippen LogP contribution is -3.00. The van der Waals surface area contributed by atoms with E-state index in [-0.39, 0.29) is 17.8 Å². The van der Waals surface area contributed by atoms with Crippen molar-refractivity contribution < 1.29 is 26.4 Å². The number of hydrogen-bond acceptors (Lipinski definition) is 3. The Hall–Kier alpha value is -0.970. The molecular formula is C14H21ClN2O2. The fraction of sp³-hybridized carbons (Fsp3) is 0.571. The number of methoxy groups -OCH3 is 1. The third-order valence-corrected chi connectivity index (χ3v) is 3.56. The predicted octanol–water partition coefficient (Wildman–Crippen LogP) is -1.02. The van der Waals surface area contributed by atoms with Crippen LogP contribution in [0.5, 0.6) is 0 Å². The molecule has 0 amide bonds. The van der Waals surface area contributed by atoms with Gasteiger partial charge in [0.05, 0.1) is 30.4 Å². The quantitative estimate of drug-likeness (QED) is 0.513. The van der Waals surface area contributed by atoms with Gasteiger partial charge < -0.3 is 21.9 Å². The van der Waals surface area contributed by atoms with Gasteiger partial charge in [-0.2, -0.15) is 0 Å². The minimum Gasteiger partial charge on any atom is -1.00 e. The van der Waals surface area contributed by atoms with Crippen LogP contribution in [0.4, 0.5) is 5.82 Å². The number of ether oxygens (including phenoxy) is 2. The van der Waals surface area contributed by atoms with Gasteiger partial charge in [0.15, 0.2) is 6.73 Å². The van der Waals surface area contributed by atoms with E-state index in [4.69, 9.17) is 9.47 Å². The molecule has 0 N–H and O–H groups in total. The summed E-state index contributed by atoms with van der Waals surface area (Å²) in [5.74, 6) is 1.01. The number of aromatic nitrogens is 1.